The summed E-state index contributed by atoms with van der Waals surface area (Å²) in [5.41, 5.74) is 0. The Bertz CT molecular complexity index is 373. The molecule has 0 aliphatic carbocycles. The van der Waals surface area contributed by atoms with E-state index in [0.29, 0.717) is 19.0 Å². The number of hydrogen-bond donors (Lipinski definition) is 1. The molecule has 16 heavy (non-hydrogen) atoms. The summed E-state index contributed by atoms with van der Waals surface area (Å²) < 4.78 is 11.1. The second-order valence-corrected chi connectivity index (χ2v) is 4.38. The highest BCUT2D eigenvalue weighted by Gasteiger charge is 2.32. The molecule has 1 aromatic heterocycles. The molecule has 1 aliphatic rings. The Morgan fingerprint density at radius 1 is 1.62 bits per heavy atom. The number of hydrogen-bond acceptors (Lipinski definition) is 5. The van der Waals surface area contributed by atoms with E-state index in [0.717, 1.165) is 0 Å². The van der Waals surface area contributed by atoms with Gasteiger partial charge in [-0.05, 0) is 31.5 Å². The van der Waals surface area contributed by atoms with Crippen molar-refractivity contribution < 1.29 is 9.47 Å². The summed E-state index contributed by atoms with van der Waals surface area (Å²) in [7, 11) is 0. The fourth-order valence-electron chi connectivity index (χ4n) is 1.52. The average molecular weight is 244 g/mol. The van der Waals surface area contributed by atoms with Crippen LogP contribution >= 0.6 is 11.6 Å². The van der Waals surface area contributed by atoms with Crippen LogP contribution in [0.4, 0.5) is 5.82 Å². The van der Waals surface area contributed by atoms with Gasteiger partial charge in [0.05, 0.1) is 6.61 Å². The third kappa shape index (κ3) is 3.04. The molecule has 1 aromatic rings. The Hall–Kier alpha value is -0.910. The van der Waals surface area contributed by atoms with Crippen LogP contribution in [0.2, 0.25) is 5.28 Å². The molecule has 0 amide bonds. The fourth-order valence-corrected chi connectivity index (χ4v) is 1.66. The predicted octanol–water partition coefficient (Wildman–Crippen LogP) is 1.69. The van der Waals surface area contributed by atoms with Gasteiger partial charge in [0, 0.05) is 12.7 Å². The summed E-state index contributed by atoms with van der Waals surface area (Å²) in [6.45, 7) is 5.01. The first-order valence-corrected chi connectivity index (χ1v) is 5.47. The molecule has 0 radical (unpaired) electrons. The Balaban J connectivity index is 1.84. The fraction of sp³-hybridized carbons (Fsp3) is 0.600. The smallest absolute Gasteiger partial charge is 0.224 e. The van der Waals surface area contributed by atoms with Crippen molar-refractivity contribution in [2.45, 2.75) is 25.7 Å². The van der Waals surface area contributed by atoms with Crippen molar-refractivity contribution in [2.75, 3.05) is 18.5 Å². The number of nitrogens with one attached hydrogen (secondary N) is 1. The van der Waals surface area contributed by atoms with Gasteiger partial charge in [0.25, 0.3) is 0 Å². The molecule has 1 N–H and O–H groups in total. The predicted molar refractivity (Wildman–Crippen MR) is 60.4 cm³/mol. The molecule has 1 aliphatic heterocycles. The minimum Gasteiger partial charge on any atom is -0.367 e. The number of nitrogens with zero attached hydrogens (tertiary/aromatic N) is 2. The minimum atomic E-state index is -0.490. The number of halogens is 1. The van der Waals surface area contributed by atoms with Crippen LogP contribution in [0.15, 0.2) is 12.3 Å². The van der Waals surface area contributed by atoms with Crippen LogP contribution in [0, 0.1) is 0 Å². The number of rotatable bonds is 3. The van der Waals surface area contributed by atoms with E-state index in [1.807, 2.05) is 13.8 Å². The van der Waals surface area contributed by atoms with Crippen molar-refractivity contribution in [3.8, 4) is 0 Å². The molecule has 0 spiro atoms. The van der Waals surface area contributed by atoms with Crippen molar-refractivity contribution in [3.05, 3.63) is 17.5 Å². The Morgan fingerprint density at radius 2 is 2.44 bits per heavy atom. The monoisotopic (exact) mass is 243 g/mol. The summed E-state index contributed by atoms with van der Waals surface area (Å²) in [5.74, 6) is 0.198. The average Bonchev–Trinajstić information content (AvgIpc) is 2.56. The van der Waals surface area contributed by atoms with Crippen molar-refractivity contribution in [3.63, 3.8) is 0 Å². The number of ether oxygens (including phenoxy) is 2. The molecule has 1 fully saturated rings. The maximum atomic E-state index is 5.67. The quantitative estimate of drug-likeness (QED) is 0.819. The maximum Gasteiger partial charge on any atom is 0.224 e. The number of anilines is 1. The van der Waals surface area contributed by atoms with Crippen LogP contribution < -0.4 is 5.32 Å². The molecule has 1 saturated heterocycles. The van der Waals surface area contributed by atoms with Gasteiger partial charge in [0.2, 0.25) is 5.28 Å². The second kappa shape index (κ2) is 4.53. The first-order valence-electron chi connectivity index (χ1n) is 5.09. The standard InChI is InChI=1S/C10H14ClN3O2/c1-10(2)15-6-7(16-10)5-13-8-3-4-12-9(11)14-8/h3-4,7H,5-6H2,1-2H3,(H,12,13,14). The van der Waals surface area contributed by atoms with Crippen molar-refractivity contribution in [1.29, 1.82) is 0 Å². The van der Waals surface area contributed by atoms with Crippen molar-refractivity contribution >= 4 is 17.4 Å². The molecule has 88 valence electrons. The van der Waals surface area contributed by atoms with E-state index in [1.54, 1.807) is 12.3 Å². The van der Waals surface area contributed by atoms with Gasteiger partial charge in [-0.1, -0.05) is 0 Å². The van der Waals surface area contributed by atoms with Crippen LogP contribution in [0.1, 0.15) is 13.8 Å². The highest BCUT2D eigenvalue weighted by molar-refractivity contribution is 6.28. The third-order valence-electron chi connectivity index (χ3n) is 2.20. The Morgan fingerprint density at radius 3 is 3.06 bits per heavy atom. The summed E-state index contributed by atoms with van der Waals surface area (Å²) in [5, 5.41) is 3.36. The highest BCUT2D eigenvalue weighted by Crippen LogP contribution is 2.22. The molecule has 1 unspecified atom stereocenters. The molecule has 0 bridgehead atoms. The molecule has 0 aromatic carbocycles. The van der Waals surface area contributed by atoms with E-state index in [1.165, 1.54) is 0 Å². The SMILES string of the molecule is CC1(C)OCC(CNc2ccnc(Cl)n2)O1. The van der Waals surface area contributed by atoms with Crippen LogP contribution in [-0.4, -0.2) is 35.0 Å². The lowest BCUT2D eigenvalue weighted by Gasteiger charge is -2.17. The van der Waals surface area contributed by atoms with Gasteiger partial charge in [-0.3, -0.25) is 0 Å². The minimum absolute atomic E-state index is 0.0312. The molecule has 5 nitrogen and oxygen atoms in total. The zero-order chi connectivity index (χ0) is 11.6. The van der Waals surface area contributed by atoms with Gasteiger partial charge in [-0.25, -0.2) is 9.97 Å². The molecule has 2 rings (SSSR count). The molecule has 6 heteroatoms. The van der Waals surface area contributed by atoms with Gasteiger partial charge in [0.15, 0.2) is 5.79 Å². The summed E-state index contributed by atoms with van der Waals surface area (Å²) in [6, 6.07) is 1.76. The molecular weight excluding hydrogens is 230 g/mol. The van der Waals surface area contributed by atoms with Crippen LogP contribution in [0.5, 0.6) is 0 Å². The summed E-state index contributed by atoms with van der Waals surface area (Å²) in [6.07, 6.45) is 1.64. The van der Waals surface area contributed by atoms with E-state index in [2.05, 4.69) is 15.3 Å². The van der Waals surface area contributed by atoms with E-state index in [4.69, 9.17) is 21.1 Å². The van der Waals surface area contributed by atoms with Crippen molar-refractivity contribution in [1.82, 2.24) is 9.97 Å². The highest BCUT2D eigenvalue weighted by atomic mass is 35.5. The van der Waals surface area contributed by atoms with E-state index < -0.39 is 5.79 Å². The molecular formula is C10H14ClN3O2. The largest absolute Gasteiger partial charge is 0.367 e. The van der Waals surface area contributed by atoms with Crippen molar-refractivity contribution in [2.24, 2.45) is 0 Å². The maximum absolute atomic E-state index is 5.67. The van der Waals surface area contributed by atoms with Gasteiger partial charge in [0.1, 0.15) is 11.9 Å². The topological polar surface area (TPSA) is 56.3 Å². The van der Waals surface area contributed by atoms with Crippen LogP contribution in [-0.2, 0) is 9.47 Å². The summed E-state index contributed by atoms with van der Waals surface area (Å²) >= 11 is 5.67. The lowest BCUT2D eigenvalue weighted by molar-refractivity contribution is -0.136. The molecule has 0 saturated carbocycles. The zero-order valence-corrected chi connectivity index (χ0v) is 9.99. The Labute approximate surface area is 99.1 Å². The first kappa shape index (κ1) is 11.6. The van der Waals surface area contributed by atoms with Gasteiger partial charge < -0.3 is 14.8 Å². The molecule has 2 heterocycles. The number of aromatic nitrogens is 2. The normalized spacial score (nSPS) is 23.3. The Kier molecular flexibility index (Phi) is 3.28. The first-order chi connectivity index (χ1) is 7.55. The lowest BCUT2D eigenvalue weighted by Crippen LogP contribution is -2.26. The van der Waals surface area contributed by atoms with E-state index in [-0.39, 0.29) is 11.4 Å². The third-order valence-corrected chi connectivity index (χ3v) is 2.39. The second-order valence-electron chi connectivity index (χ2n) is 4.04. The zero-order valence-electron chi connectivity index (χ0n) is 9.24. The molecule has 1 atom stereocenters. The summed E-state index contributed by atoms with van der Waals surface area (Å²) in [4.78, 5) is 7.82. The lowest BCUT2D eigenvalue weighted by atomic mass is 10.3. The van der Waals surface area contributed by atoms with Crippen LogP contribution in [0.3, 0.4) is 0 Å². The van der Waals surface area contributed by atoms with E-state index >= 15 is 0 Å². The van der Waals surface area contributed by atoms with E-state index in [9.17, 15) is 0 Å². The van der Waals surface area contributed by atoms with Gasteiger partial charge in [-0.2, -0.15) is 0 Å². The van der Waals surface area contributed by atoms with Crippen LogP contribution in [0.25, 0.3) is 0 Å². The van der Waals surface area contributed by atoms with Gasteiger partial charge in [-0.15, -0.1) is 0 Å². The van der Waals surface area contributed by atoms with Gasteiger partial charge >= 0.3 is 0 Å².